The first-order chi connectivity index (χ1) is 26.1. The molecule has 4 saturated carbocycles. The van der Waals surface area contributed by atoms with Gasteiger partial charge in [0, 0.05) is 19.3 Å². The van der Waals surface area contributed by atoms with Gasteiger partial charge in [-0.1, -0.05) is 20.8 Å². The van der Waals surface area contributed by atoms with Gasteiger partial charge in [0.05, 0.1) is 31.7 Å². The number of allylic oxidation sites excluding steroid dienone is 1. The van der Waals surface area contributed by atoms with E-state index in [2.05, 4.69) is 27.7 Å². The molecular formula is C41H66O14. The predicted octanol–water partition coefficient (Wildman–Crippen LogP) is 1.92. The van der Waals surface area contributed by atoms with Crippen LogP contribution in [0.25, 0.3) is 0 Å². The normalized spacial score (nSPS) is 50.0. The van der Waals surface area contributed by atoms with Crippen molar-refractivity contribution in [2.75, 3.05) is 19.8 Å². The summed E-state index contributed by atoms with van der Waals surface area (Å²) in [6, 6.07) is 0. The molecule has 14 nitrogen and oxygen atoms in total. The fraction of sp³-hybridized carbons (Fsp3) is 0.927. The monoisotopic (exact) mass is 782 g/mol. The molecule has 55 heavy (non-hydrogen) atoms. The van der Waals surface area contributed by atoms with Crippen LogP contribution in [0.1, 0.15) is 98.8 Å². The largest absolute Gasteiger partial charge is 0.494 e. The number of aliphatic hydroxyl groups excluding tert-OH is 7. The minimum absolute atomic E-state index is 0.139. The van der Waals surface area contributed by atoms with E-state index < -0.39 is 74.6 Å². The predicted molar refractivity (Wildman–Crippen MR) is 194 cm³/mol. The molecule has 3 heterocycles. The highest BCUT2D eigenvalue weighted by atomic mass is 16.8. The third kappa shape index (κ3) is 7.54. The average Bonchev–Trinajstić information content (AvgIpc) is 3.64. The van der Waals surface area contributed by atoms with Gasteiger partial charge in [0.2, 0.25) is 0 Å². The van der Waals surface area contributed by atoms with Crippen LogP contribution < -0.4 is 0 Å². The van der Waals surface area contributed by atoms with Crippen LogP contribution in [0.4, 0.5) is 0 Å². The number of fused-ring (bicyclic) bond motifs is 7. The Labute approximate surface area is 324 Å². The zero-order valence-corrected chi connectivity index (χ0v) is 33.1. The van der Waals surface area contributed by atoms with Gasteiger partial charge in [0.25, 0.3) is 0 Å². The van der Waals surface area contributed by atoms with Crippen LogP contribution in [-0.2, 0) is 33.2 Å². The van der Waals surface area contributed by atoms with E-state index in [4.69, 9.17) is 28.4 Å². The number of hydrogen-bond donors (Lipinski definition) is 7. The second kappa shape index (κ2) is 16.3. The van der Waals surface area contributed by atoms with Crippen molar-refractivity contribution in [3.63, 3.8) is 0 Å². The standard InChI is InChI=1S/C41H66O14/c1-19(18-50-21(3)44)6-9-27-20(2)31-28(52-27)15-26-24-8-7-22-14-23(10-12-40(22,4)25(24)11-13-41(26,31)5)51-39-37(35(48)33(46)30(17-43)54-39)55-38-36(49)34(47)32(45)29(16-42)53-38/h19,22-26,28-39,42-43,45-49H,6-18H2,1-5H3/t19-,22+,23-,24+,25-,26-,28-,29+,30+,31-,32+,33-,34-,35-,36+,37+,38-,39+,40-,41-/m0/s1. The average molecular weight is 783 g/mol. The van der Waals surface area contributed by atoms with Crippen LogP contribution in [0.2, 0.25) is 0 Å². The fourth-order valence-corrected chi connectivity index (χ4v) is 12.5. The highest BCUT2D eigenvalue weighted by Gasteiger charge is 2.65. The Morgan fingerprint density at radius 1 is 0.818 bits per heavy atom. The SMILES string of the molecule is CC(=O)OC[C@@H](C)CCC1=C(C)[C@H]2[C@H](C[C@H]3[C@@H]4CC[C@@H]5C[C@@H](O[C@@H]6O[C@H](CO)[C@H](O)[C@H](O)[C@H]6O[C@@H]6O[C@H](CO)[C@@H](O)[C@H](O)[C@H]6O)CC[C@]5(C)[C@H]4CC[C@@]32C)O1. The lowest BCUT2D eigenvalue weighted by Gasteiger charge is -2.61. The van der Waals surface area contributed by atoms with Gasteiger partial charge in [0.15, 0.2) is 12.6 Å². The van der Waals surface area contributed by atoms with Crippen molar-refractivity contribution in [3.05, 3.63) is 11.3 Å². The molecule has 7 rings (SSSR count). The van der Waals surface area contributed by atoms with E-state index in [9.17, 15) is 40.5 Å². The molecule has 0 aromatic carbocycles. The molecule has 20 atom stereocenters. The van der Waals surface area contributed by atoms with E-state index in [1.807, 2.05) is 0 Å². The molecule has 0 bridgehead atoms. The maximum Gasteiger partial charge on any atom is 0.302 e. The summed E-state index contributed by atoms with van der Waals surface area (Å²) in [5.74, 6) is 3.87. The van der Waals surface area contributed by atoms with E-state index in [1.54, 1.807) is 0 Å². The number of esters is 1. The van der Waals surface area contributed by atoms with Crippen molar-refractivity contribution >= 4 is 5.97 Å². The first-order valence-electron chi connectivity index (χ1n) is 20.8. The summed E-state index contributed by atoms with van der Waals surface area (Å²) in [5.41, 5.74) is 1.76. The first kappa shape index (κ1) is 41.7. The molecule has 0 amide bonds. The lowest BCUT2D eigenvalue weighted by molar-refractivity contribution is -0.373. The topological polar surface area (TPSA) is 214 Å². The Hall–Kier alpha value is -1.43. The molecule has 0 aromatic rings. The number of hydrogen-bond acceptors (Lipinski definition) is 14. The summed E-state index contributed by atoms with van der Waals surface area (Å²) in [6.45, 7) is 10.1. The molecule has 0 spiro atoms. The van der Waals surface area contributed by atoms with Crippen molar-refractivity contribution in [1.29, 1.82) is 0 Å². The Balaban J connectivity index is 0.998. The van der Waals surface area contributed by atoms with Crippen molar-refractivity contribution < 1.29 is 69.0 Å². The third-order valence-corrected chi connectivity index (χ3v) is 15.5. The van der Waals surface area contributed by atoms with Gasteiger partial charge in [-0.15, -0.1) is 0 Å². The molecule has 4 aliphatic carbocycles. The lowest BCUT2D eigenvalue weighted by Crippen LogP contribution is -2.65. The number of carbonyl (C=O) groups excluding carboxylic acids is 1. The molecule has 3 aliphatic heterocycles. The third-order valence-electron chi connectivity index (χ3n) is 15.5. The lowest BCUT2D eigenvalue weighted by atomic mass is 9.44. The fourth-order valence-electron chi connectivity index (χ4n) is 12.5. The minimum Gasteiger partial charge on any atom is -0.494 e. The van der Waals surface area contributed by atoms with Crippen LogP contribution in [0.5, 0.6) is 0 Å². The Morgan fingerprint density at radius 3 is 2.18 bits per heavy atom. The summed E-state index contributed by atoms with van der Waals surface area (Å²) >= 11 is 0. The summed E-state index contributed by atoms with van der Waals surface area (Å²) in [5, 5.41) is 72.7. The molecule has 14 heteroatoms. The second-order valence-electron chi connectivity index (χ2n) is 18.7. The van der Waals surface area contributed by atoms with E-state index in [0.29, 0.717) is 36.2 Å². The van der Waals surface area contributed by atoms with Crippen LogP contribution in [-0.4, -0.2) is 135 Å². The highest BCUT2D eigenvalue weighted by Crippen LogP contribution is 2.70. The summed E-state index contributed by atoms with van der Waals surface area (Å²) in [7, 11) is 0. The van der Waals surface area contributed by atoms with Crippen LogP contribution in [0.15, 0.2) is 11.3 Å². The molecule has 7 aliphatic rings. The summed E-state index contributed by atoms with van der Waals surface area (Å²) in [4.78, 5) is 11.3. The molecule has 0 aromatic heterocycles. The van der Waals surface area contributed by atoms with Gasteiger partial charge in [-0.2, -0.15) is 0 Å². The van der Waals surface area contributed by atoms with Gasteiger partial charge >= 0.3 is 5.97 Å². The molecule has 7 N–H and O–H groups in total. The van der Waals surface area contributed by atoms with Crippen LogP contribution in [0.3, 0.4) is 0 Å². The Bertz CT molecular complexity index is 1390. The molecule has 314 valence electrons. The van der Waals surface area contributed by atoms with Crippen molar-refractivity contribution in [2.24, 2.45) is 46.3 Å². The number of aliphatic hydroxyl groups is 7. The zero-order chi connectivity index (χ0) is 39.6. The number of rotatable bonds is 11. The van der Waals surface area contributed by atoms with E-state index >= 15 is 0 Å². The zero-order valence-electron chi connectivity index (χ0n) is 33.1. The smallest absolute Gasteiger partial charge is 0.302 e. The molecule has 0 radical (unpaired) electrons. The van der Waals surface area contributed by atoms with Gasteiger partial charge in [-0.3, -0.25) is 4.79 Å². The second-order valence-corrected chi connectivity index (χ2v) is 18.7. The highest BCUT2D eigenvalue weighted by molar-refractivity contribution is 5.65. The molecule has 0 unspecified atom stereocenters. The minimum atomic E-state index is -1.72. The first-order valence-corrected chi connectivity index (χ1v) is 20.8. The van der Waals surface area contributed by atoms with E-state index in [1.165, 1.54) is 25.3 Å². The van der Waals surface area contributed by atoms with Gasteiger partial charge in [-0.25, -0.2) is 0 Å². The summed E-state index contributed by atoms with van der Waals surface area (Å²) in [6.07, 6.45) is -4.70. The molecule has 2 saturated heterocycles. The van der Waals surface area contributed by atoms with E-state index in [-0.39, 0.29) is 34.9 Å². The van der Waals surface area contributed by atoms with Crippen molar-refractivity contribution in [3.8, 4) is 0 Å². The maximum atomic E-state index is 11.3. The number of ether oxygens (including phenoxy) is 6. The van der Waals surface area contributed by atoms with Gasteiger partial charge in [0.1, 0.15) is 54.9 Å². The number of carbonyl (C=O) groups is 1. The quantitative estimate of drug-likeness (QED) is 0.118. The molecular weight excluding hydrogens is 716 g/mol. The van der Waals surface area contributed by atoms with Crippen LogP contribution in [0, 0.1) is 46.3 Å². The summed E-state index contributed by atoms with van der Waals surface area (Å²) < 4.78 is 36.0. The van der Waals surface area contributed by atoms with Crippen LogP contribution >= 0.6 is 0 Å². The van der Waals surface area contributed by atoms with Crippen molar-refractivity contribution in [2.45, 2.75) is 172 Å². The Kier molecular flexibility index (Phi) is 12.4. The molecule has 6 fully saturated rings. The van der Waals surface area contributed by atoms with Gasteiger partial charge < -0.3 is 64.2 Å². The Morgan fingerprint density at radius 2 is 1.49 bits per heavy atom. The van der Waals surface area contributed by atoms with Crippen molar-refractivity contribution in [1.82, 2.24) is 0 Å². The maximum absolute atomic E-state index is 11.3. The van der Waals surface area contributed by atoms with Gasteiger partial charge in [-0.05, 0) is 111 Å². The van der Waals surface area contributed by atoms with E-state index in [0.717, 1.165) is 57.1 Å².